The van der Waals surface area contributed by atoms with Crippen LogP contribution in [0.4, 0.5) is 0 Å². The highest BCUT2D eigenvalue weighted by Gasteiger charge is 2.12. The maximum atomic E-state index is 3.54. The predicted octanol–water partition coefficient (Wildman–Crippen LogP) is 1.78. The van der Waals surface area contributed by atoms with E-state index in [1.165, 1.54) is 48.9 Å². The van der Waals surface area contributed by atoms with Gasteiger partial charge in [-0.2, -0.15) is 0 Å². The minimum absolute atomic E-state index is 1.03. The summed E-state index contributed by atoms with van der Waals surface area (Å²) < 4.78 is 0. The Morgan fingerprint density at radius 3 is 2.67 bits per heavy atom. The van der Waals surface area contributed by atoms with Gasteiger partial charge in [-0.25, -0.2) is 0 Å². The lowest BCUT2D eigenvalue weighted by molar-refractivity contribution is 0.153. The van der Waals surface area contributed by atoms with Gasteiger partial charge in [0.15, 0.2) is 0 Å². The summed E-state index contributed by atoms with van der Waals surface area (Å²) >= 11 is 1.90. The second kappa shape index (κ2) is 7.24. The van der Waals surface area contributed by atoms with Gasteiger partial charge in [0.05, 0.1) is 0 Å². The third-order valence-electron chi connectivity index (χ3n) is 3.52. The highest BCUT2D eigenvalue weighted by Crippen LogP contribution is 2.14. The average molecular weight is 267 g/mol. The zero-order valence-corrected chi connectivity index (χ0v) is 12.4. The van der Waals surface area contributed by atoms with E-state index < -0.39 is 0 Å². The highest BCUT2D eigenvalue weighted by atomic mass is 32.1. The van der Waals surface area contributed by atoms with Gasteiger partial charge in [-0.1, -0.05) is 0 Å². The zero-order valence-electron chi connectivity index (χ0n) is 11.6. The zero-order chi connectivity index (χ0) is 12.8. The van der Waals surface area contributed by atoms with Crippen LogP contribution >= 0.6 is 11.3 Å². The first-order chi connectivity index (χ1) is 8.74. The number of rotatable bonds is 6. The van der Waals surface area contributed by atoms with Gasteiger partial charge in [0.2, 0.25) is 0 Å². The Balaban J connectivity index is 1.51. The van der Waals surface area contributed by atoms with Gasteiger partial charge in [-0.3, -0.25) is 0 Å². The molecule has 0 spiro atoms. The van der Waals surface area contributed by atoms with Crippen molar-refractivity contribution in [2.45, 2.75) is 19.9 Å². The molecule has 1 aliphatic heterocycles. The van der Waals surface area contributed by atoms with Gasteiger partial charge in [0.1, 0.15) is 0 Å². The summed E-state index contributed by atoms with van der Waals surface area (Å²) in [5.41, 5.74) is 0. The molecule has 0 aromatic carbocycles. The van der Waals surface area contributed by atoms with Crippen LogP contribution in [0.3, 0.4) is 0 Å². The molecule has 0 radical (unpaired) electrons. The Labute approximate surface area is 115 Å². The number of likely N-dealkylation sites (N-methyl/N-ethyl adjacent to an activating group) is 1. The van der Waals surface area contributed by atoms with Crippen molar-refractivity contribution >= 4 is 11.3 Å². The van der Waals surface area contributed by atoms with Gasteiger partial charge in [-0.15, -0.1) is 11.3 Å². The van der Waals surface area contributed by atoms with Crippen LogP contribution in [0.2, 0.25) is 0 Å². The maximum absolute atomic E-state index is 3.54. The maximum Gasteiger partial charge on any atom is 0.0299 e. The van der Waals surface area contributed by atoms with Gasteiger partial charge >= 0.3 is 0 Å². The predicted molar refractivity (Wildman–Crippen MR) is 79.3 cm³/mol. The van der Waals surface area contributed by atoms with E-state index in [0.717, 1.165) is 13.1 Å². The van der Waals surface area contributed by atoms with Gasteiger partial charge in [0, 0.05) is 42.5 Å². The fourth-order valence-corrected chi connectivity index (χ4v) is 3.15. The van der Waals surface area contributed by atoms with Crippen LogP contribution in [0.5, 0.6) is 0 Å². The van der Waals surface area contributed by atoms with E-state index in [-0.39, 0.29) is 0 Å². The van der Waals surface area contributed by atoms with Crippen molar-refractivity contribution < 1.29 is 0 Å². The van der Waals surface area contributed by atoms with Gasteiger partial charge in [-0.05, 0) is 45.6 Å². The van der Waals surface area contributed by atoms with E-state index in [1.807, 2.05) is 11.3 Å². The monoisotopic (exact) mass is 267 g/mol. The second-order valence-electron chi connectivity index (χ2n) is 5.19. The van der Waals surface area contributed by atoms with Crippen LogP contribution < -0.4 is 5.32 Å². The second-order valence-corrected chi connectivity index (χ2v) is 6.56. The lowest BCUT2D eigenvalue weighted by atomic mass is 10.3. The number of piperazine rings is 1. The molecule has 1 aromatic rings. The summed E-state index contributed by atoms with van der Waals surface area (Å²) in [6.45, 7) is 10.5. The van der Waals surface area contributed by atoms with E-state index in [9.17, 15) is 0 Å². The largest absolute Gasteiger partial charge is 0.312 e. The molecular formula is C14H25N3S. The number of hydrogen-bond acceptors (Lipinski definition) is 4. The summed E-state index contributed by atoms with van der Waals surface area (Å²) in [5.74, 6) is 0. The third-order valence-corrected chi connectivity index (χ3v) is 4.52. The summed E-state index contributed by atoms with van der Waals surface area (Å²) in [6.07, 6.45) is 1.26. The Hall–Kier alpha value is -0.420. The van der Waals surface area contributed by atoms with E-state index >= 15 is 0 Å². The summed E-state index contributed by atoms with van der Waals surface area (Å²) in [7, 11) is 2.21. The first kappa shape index (κ1) is 14.0. The summed E-state index contributed by atoms with van der Waals surface area (Å²) in [4.78, 5) is 7.85. The Bertz CT molecular complexity index is 343. The molecule has 1 aliphatic rings. The van der Waals surface area contributed by atoms with Crippen LogP contribution in [0.15, 0.2) is 12.1 Å². The van der Waals surface area contributed by atoms with Crippen molar-refractivity contribution in [1.82, 2.24) is 15.1 Å². The molecule has 1 fully saturated rings. The Morgan fingerprint density at radius 1 is 1.22 bits per heavy atom. The van der Waals surface area contributed by atoms with Crippen molar-refractivity contribution in [3.05, 3.63) is 21.9 Å². The lowest BCUT2D eigenvalue weighted by Crippen LogP contribution is -2.45. The van der Waals surface area contributed by atoms with E-state index in [2.05, 4.69) is 41.2 Å². The van der Waals surface area contributed by atoms with E-state index in [4.69, 9.17) is 0 Å². The molecule has 1 saturated heterocycles. The van der Waals surface area contributed by atoms with E-state index in [0.29, 0.717) is 0 Å². The fourth-order valence-electron chi connectivity index (χ4n) is 2.29. The quantitative estimate of drug-likeness (QED) is 0.793. The molecular weight excluding hydrogens is 242 g/mol. The molecule has 0 amide bonds. The first-order valence-corrected chi connectivity index (χ1v) is 7.72. The third kappa shape index (κ3) is 4.69. The van der Waals surface area contributed by atoms with Crippen LogP contribution in [0, 0.1) is 6.92 Å². The highest BCUT2D eigenvalue weighted by molar-refractivity contribution is 7.11. The van der Waals surface area contributed by atoms with Crippen molar-refractivity contribution in [3.63, 3.8) is 0 Å². The molecule has 0 bridgehead atoms. The number of nitrogens with zero attached hydrogens (tertiary/aromatic N) is 2. The minimum Gasteiger partial charge on any atom is -0.312 e. The van der Waals surface area contributed by atoms with Crippen molar-refractivity contribution in [1.29, 1.82) is 0 Å². The normalized spacial score (nSPS) is 18.3. The molecule has 0 aliphatic carbocycles. The van der Waals surface area contributed by atoms with Crippen molar-refractivity contribution in [2.75, 3.05) is 46.3 Å². The molecule has 2 heterocycles. The molecule has 1 aromatic heterocycles. The van der Waals surface area contributed by atoms with Gasteiger partial charge in [0.25, 0.3) is 0 Å². The van der Waals surface area contributed by atoms with E-state index in [1.54, 1.807) is 0 Å². The molecule has 0 saturated carbocycles. The molecule has 0 atom stereocenters. The minimum atomic E-state index is 1.03. The summed E-state index contributed by atoms with van der Waals surface area (Å²) in [6, 6.07) is 4.43. The fraction of sp³-hybridized carbons (Fsp3) is 0.714. The first-order valence-electron chi connectivity index (χ1n) is 6.91. The molecule has 4 heteroatoms. The number of nitrogens with one attached hydrogen (secondary N) is 1. The van der Waals surface area contributed by atoms with Crippen LogP contribution in [-0.2, 0) is 6.54 Å². The van der Waals surface area contributed by atoms with Crippen molar-refractivity contribution in [3.8, 4) is 0 Å². The van der Waals surface area contributed by atoms with Crippen LogP contribution in [0.25, 0.3) is 0 Å². The van der Waals surface area contributed by atoms with Crippen LogP contribution in [-0.4, -0.2) is 56.1 Å². The number of aryl methyl sites for hydroxylation is 1. The molecule has 0 unspecified atom stereocenters. The molecule has 18 heavy (non-hydrogen) atoms. The topological polar surface area (TPSA) is 18.5 Å². The van der Waals surface area contributed by atoms with Gasteiger partial charge < -0.3 is 15.1 Å². The summed E-state index contributed by atoms with van der Waals surface area (Å²) in [5, 5.41) is 3.54. The average Bonchev–Trinajstić information content (AvgIpc) is 2.77. The Kier molecular flexibility index (Phi) is 5.63. The number of thiophene rings is 1. The smallest absolute Gasteiger partial charge is 0.0299 e. The molecule has 2 rings (SSSR count). The van der Waals surface area contributed by atoms with Crippen LogP contribution in [0.1, 0.15) is 16.2 Å². The SMILES string of the molecule is Cc1ccc(CNCCCN2CCN(C)CC2)s1. The standard InChI is InChI=1S/C14H25N3S/c1-13-4-5-14(18-13)12-15-6-3-7-17-10-8-16(2)9-11-17/h4-5,15H,3,6-12H2,1-2H3. The number of hydrogen-bond donors (Lipinski definition) is 1. The van der Waals surface area contributed by atoms with Crippen molar-refractivity contribution in [2.24, 2.45) is 0 Å². The molecule has 1 N–H and O–H groups in total. The molecule has 102 valence electrons. The Morgan fingerprint density at radius 2 is 2.00 bits per heavy atom. The molecule has 3 nitrogen and oxygen atoms in total. The lowest BCUT2D eigenvalue weighted by Gasteiger charge is -2.32.